The van der Waals surface area contributed by atoms with E-state index in [-0.39, 0.29) is 29.2 Å². The van der Waals surface area contributed by atoms with Crippen LogP contribution in [0.2, 0.25) is 5.02 Å². The van der Waals surface area contributed by atoms with Crippen LogP contribution in [0.15, 0.2) is 35.2 Å². The van der Waals surface area contributed by atoms with E-state index in [2.05, 4.69) is 10.6 Å². The summed E-state index contributed by atoms with van der Waals surface area (Å²) in [6.07, 6.45) is 0.288. The summed E-state index contributed by atoms with van der Waals surface area (Å²) in [5.74, 6) is 0.393. The number of hydrogen-bond donors (Lipinski definition) is 3. The van der Waals surface area contributed by atoms with E-state index in [1.165, 1.54) is 39.5 Å². The monoisotopic (exact) mass is 483 g/mol. The van der Waals surface area contributed by atoms with Crippen LogP contribution in [0.5, 0.6) is 17.2 Å². The van der Waals surface area contributed by atoms with Gasteiger partial charge < -0.3 is 24.8 Å². The first-order chi connectivity index (χ1) is 15.2. The van der Waals surface area contributed by atoms with Gasteiger partial charge in [-0.05, 0) is 36.2 Å². The van der Waals surface area contributed by atoms with Crippen LogP contribution in [-0.4, -0.2) is 54.3 Å². The molecule has 1 atom stereocenters. The van der Waals surface area contributed by atoms with E-state index in [4.69, 9.17) is 25.8 Å². The average Bonchev–Trinajstić information content (AvgIpc) is 2.77. The van der Waals surface area contributed by atoms with Crippen LogP contribution in [0.3, 0.4) is 0 Å². The topological polar surface area (TPSA) is 132 Å². The minimum Gasteiger partial charge on any atom is -0.496 e. The molecule has 12 heteroatoms. The van der Waals surface area contributed by atoms with Gasteiger partial charge in [0.25, 0.3) is 15.9 Å². The van der Waals surface area contributed by atoms with Crippen LogP contribution in [-0.2, 0) is 16.4 Å². The zero-order chi connectivity index (χ0) is 23.5. The van der Waals surface area contributed by atoms with Gasteiger partial charge in [0.1, 0.15) is 28.8 Å². The number of halogens is 1. The van der Waals surface area contributed by atoms with Crippen molar-refractivity contribution < 1.29 is 32.2 Å². The summed E-state index contributed by atoms with van der Waals surface area (Å²) in [6, 6.07) is 6.15. The van der Waals surface area contributed by atoms with Crippen molar-refractivity contribution in [3.05, 3.63) is 46.5 Å². The third-order valence-corrected chi connectivity index (χ3v) is 6.33. The van der Waals surface area contributed by atoms with E-state index in [1.807, 2.05) is 4.72 Å². The van der Waals surface area contributed by atoms with Crippen molar-refractivity contribution in [1.29, 1.82) is 0 Å². The summed E-state index contributed by atoms with van der Waals surface area (Å²) in [4.78, 5) is 24.1. The number of hydrogen-bond acceptors (Lipinski definition) is 7. The largest absolute Gasteiger partial charge is 0.496 e. The summed E-state index contributed by atoms with van der Waals surface area (Å²) in [5, 5.41) is 5.41. The second-order valence-electron chi connectivity index (χ2n) is 6.83. The Morgan fingerprint density at radius 2 is 1.84 bits per heavy atom. The summed E-state index contributed by atoms with van der Waals surface area (Å²) in [5.41, 5.74) is 0.788. The van der Waals surface area contributed by atoms with Gasteiger partial charge in [-0.2, -0.15) is 0 Å². The molecule has 1 aliphatic heterocycles. The van der Waals surface area contributed by atoms with Gasteiger partial charge in [-0.1, -0.05) is 11.6 Å². The Balaban J connectivity index is 1.85. The summed E-state index contributed by atoms with van der Waals surface area (Å²) in [6.45, 7) is 0.160. The van der Waals surface area contributed by atoms with Crippen LogP contribution in [0, 0.1) is 0 Å². The van der Waals surface area contributed by atoms with Crippen LogP contribution in [0.1, 0.15) is 15.9 Å². The first-order valence-corrected chi connectivity index (χ1v) is 11.3. The number of benzene rings is 2. The third kappa shape index (κ3) is 5.00. The molecular formula is C20H22ClN3O7S. The van der Waals surface area contributed by atoms with E-state index in [0.29, 0.717) is 22.1 Å². The number of ether oxygens (including phenoxy) is 3. The molecule has 2 aromatic carbocycles. The molecule has 0 radical (unpaired) electrons. The zero-order valence-corrected chi connectivity index (χ0v) is 19.1. The lowest BCUT2D eigenvalue weighted by Crippen LogP contribution is -2.43. The molecule has 1 unspecified atom stereocenters. The molecule has 3 rings (SSSR count). The Hall–Kier alpha value is -3.18. The van der Waals surface area contributed by atoms with Crippen molar-refractivity contribution in [1.82, 2.24) is 15.4 Å². The Labute approximate surface area is 190 Å². The smallest absolute Gasteiger partial charge is 0.328 e. The Morgan fingerprint density at radius 3 is 2.50 bits per heavy atom. The molecular weight excluding hydrogens is 462 g/mol. The van der Waals surface area contributed by atoms with E-state index in [1.54, 1.807) is 12.1 Å². The van der Waals surface area contributed by atoms with Crippen molar-refractivity contribution in [2.24, 2.45) is 0 Å². The normalized spacial score (nSPS) is 15.1. The highest BCUT2D eigenvalue weighted by Gasteiger charge is 2.29. The van der Waals surface area contributed by atoms with Gasteiger partial charge in [-0.3, -0.25) is 4.79 Å². The molecule has 0 aromatic heterocycles. The van der Waals surface area contributed by atoms with Gasteiger partial charge in [0.15, 0.2) is 0 Å². The molecule has 0 fully saturated rings. The van der Waals surface area contributed by atoms with Crippen LogP contribution in [0.25, 0.3) is 0 Å². The molecule has 0 bridgehead atoms. The fourth-order valence-electron chi connectivity index (χ4n) is 3.20. The Bertz CT molecular complexity index is 1150. The molecule has 3 amide bonds. The molecule has 3 N–H and O–H groups in total. The van der Waals surface area contributed by atoms with Crippen molar-refractivity contribution in [3.8, 4) is 17.2 Å². The van der Waals surface area contributed by atoms with Gasteiger partial charge in [0, 0.05) is 18.1 Å². The molecule has 1 heterocycles. The first-order valence-electron chi connectivity index (χ1n) is 9.41. The standard InChI is InChI=1S/C20H22ClN3O7S/c1-22-20(26)24-32(27,28)18-7-11-6-13(10-31-16(11)9-17(18)30-3)23-19(25)14-8-12(21)4-5-15(14)29-2/h4-5,7-9,13H,6,10H2,1-3H3,(H,23,25)(H2,22,24,26). The van der Waals surface area contributed by atoms with Crippen LogP contribution >= 0.6 is 11.6 Å². The van der Waals surface area contributed by atoms with Crippen molar-refractivity contribution in [3.63, 3.8) is 0 Å². The maximum absolute atomic E-state index is 12.8. The zero-order valence-electron chi connectivity index (χ0n) is 17.5. The van der Waals surface area contributed by atoms with E-state index in [9.17, 15) is 18.0 Å². The molecule has 32 heavy (non-hydrogen) atoms. The SMILES string of the molecule is CNC(=O)NS(=O)(=O)c1cc2c(cc1OC)OCC(NC(=O)c1cc(Cl)ccc1OC)C2. The number of amides is 3. The number of nitrogens with one attached hydrogen (secondary N) is 3. The lowest BCUT2D eigenvalue weighted by Gasteiger charge is -2.27. The Morgan fingerprint density at radius 1 is 1.12 bits per heavy atom. The second-order valence-corrected chi connectivity index (χ2v) is 8.91. The highest BCUT2D eigenvalue weighted by molar-refractivity contribution is 7.90. The quantitative estimate of drug-likeness (QED) is 0.569. The third-order valence-electron chi connectivity index (χ3n) is 4.74. The maximum atomic E-state index is 12.8. The van der Waals surface area contributed by atoms with Gasteiger partial charge in [-0.15, -0.1) is 0 Å². The molecule has 1 aliphatic rings. The summed E-state index contributed by atoms with van der Waals surface area (Å²) >= 11 is 6.00. The van der Waals surface area contributed by atoms with Crippen molar-refractivity contribution >= 4 is 33.6 Å². The first kappa shape index (κ1) is 23.5. The number of sulfonamides is 1. The molecule has 0 spiro atoms. The fourth-order valence-corrected chi connectivity index (χ4v) is 4.54. The number of rotatable bonds is 6. The fraction of sp³-hybridized carbons (Fsp3) is 0.300. The van der Waals surface area contributed by atoms with E-state index >= 15 is 0 Å². The minimum absolute atomic E-state index is 0.0197. The van der Waals surface area contributed by atoms with Gasteiger partial charge >= 0.3 is 6.03 Å². The number of urea groups is 1. The van der Waals surface area contributed by atoms with Crippen LogP contribution < -0.4 is 29.6 Å². The molecule has 0 saturated carbocycles. The molecule has 172 valence electrons. The summed E-state index contributed by atoms with van der Waals surface area (Å²) < 4.78 is 43.2. The molecule has 0 aliphatic carbocycles. The summed E-state index contributed by atoms with van der Waals surface area (Å²) in [7, 11) is -0.153. The average molecular weight is 484 g/mol. The predicted molar refractivity (Wildman–Crippen MR) is 116 cm³/mol. The van der Waals surface area contributed by atoms with Gasteiger partial charge in [-0.25, -0.2) is 17.9 Å². The minimum atomic E-state index is -4.21. The van der Waals surface area contributed by atoms with E-state index < -0.39 is 28.0 Å². The second kappa shape index (κ2) is 9.53. The number of carbonyl (C=O) groups is 2. The van der Waals surface area contributed by atoms with Gasteiger partial charge in [0.2, 0.25) is 0 Å². The number of carbonyl (C=O) groups excluding carboxylic acids is 2. The van der Waals surface area contributed by atoms with Crippen LogP contribution in [0.4, 0.5) is 4.79 Å². The van der Waals surface area contributed by atoms with Crippen molar-refractivity contribution in [2.45, 2.75) is 17.4 Å². The highest BCUT2D eigenvalue weighted by Crippen LogP contribution is 2.35. The molecule has 2 aromatic rings. The Kier molecular flexibility index (Phi) is 6.99. The predicted octanol–water partition coefficient (Wildman–Crippen LogP) is 1.71. The maximum Gasteiger partial charge on any atom is 0.328 e. The number of methoxy groups -OCH3 is 2. The molecule has 0 saturated heterocycles. The highest BCUT2D eigenvalue weighted by atomic mass is 35.5. The van der Waals surface area contributed by atoms with E-state index in [0.717, 1.165) is 0 Å². The van der Waals surface area contributed by atoms with Gasteiger partial charge in [0.05, 0.1) is 25.8 Å². The molecule has 10 nitrogen and oxygen atoms in total. The lowest BCUT2D eigenvalue weighted by atomic mass is 10.0. The van der Waals surface area contributed by atoms with Crippen molar-refractivity contribution in [2.75, 3.05) is 27.9 Å². The number of fused-ring (bicyclic) bond motifs is 1. The lowest BCUT2D eigenvalue weighted by molar-refractivity contribution is 0.0912.